The molecule has 0 spiro atoms. The van der Waals surface area contributed by atoms with Crippen molar-refractivity contribution in [1.29, 1.82) is 0 Å². The van der Waals surface area contributed by atoms with Crippen LogP contribution in [0.3, 0.4) is 0 Å². The first kappa shape index (κ1) is 22.2. The van der Waals surface area contributed by atoms with E-state index < -0.39 is 12.1 Å². The van der Waals surface area contributed by atoms with Crippen molar-refractivity contribution in [2.24, 2.45) is 0 Å². The molecule has 3 aliphatic heterocycles. The lowest BCUT2D eigenvalue weighted by atomic mass is 9.95. The van der Waals surface area contributed by atoms with Gasteiger partial charge in [-0.3, -0.25) is 14.5 Å². The van der Waals surface area contributed by atoms with Crippen LogP contribution in [0.15, 0.2) is 65.9 Å². The minimum absolute atomic E-state index is 0.0108. The maximum absolute atomic E-state index is 13.9. The molecule has 2 aromatic rings. The van der Waals surface area contributed by atoms with Gasteiger partial charge in [0.2, 0.25) is 5.91 Å². The number of amides is 4. The van der Waals surface area contributed by atoms with Crippen LogP contribution in [0.1, 0.15) is 35.6 Å². The maximum Gasteiger partial charge on any atom is 0.322 e. The summed E-state index contributed by atoms with van der Waals surface area (Å²) in [6.07, 6.45) is 2.43. The van der Waals surface area contributed by atoms with Gasteiger partial charge in [-0.05, 0) is 30.9 Å². The Morgan fingerprint density at radius 3 is 2.38 bits per heavy atom. The van der Waals surface area contributed by atoms with Crippen LogP contribution < -0.4 is 5.32 Å². The number of carbonyl (C=O) groups is 3. The fraction of sp³-hybridized carbons (Fsp3) is 0.370. The molecule has 176 valence electrons. The average molecular weight is 459 g/mol. The Balaban J connectivity index is 1.50. The zero-order chi connectivity index (χ0) is 23.8. The Labute approximate surface area is 200 Å². The van der Waals surface area contributed by atoms with Gasteiger partial charge in [-0.15, -0.1) is 0 Å². The molecule has 4 amide bonds. The zero-order valence-electron chi connectivity index (χ0n) is 19.7. The van der Waals surface area contributed by atoms with Gasteiger partial charge >= 0.3 is 6.03 Å². The van der Waals surface area contributed by atoms with Crippen molar-refractivity contribution < 1.29 is 14.4 Å². The molecule has 2 atom stereocenters. The second-order valence-electron chi connectivity index (χ2n) is 9.38. The Morgan fingerprint density at radius 2 is 1.71 bits per heavy atom. The van der Waals surface area contributed by atoms with Crippen LogP contribution in [0.2, 0.25) is 0 Å². The van der Waals surface area contributed by atoms with Crippen molar-refractivity contribution in [3.8, 4) is 0 Å². The standard InChI is InChI=1S/C27H30N4O3/c1-18-10-12-20(13-11-18)24-23-22(29(2)27(34)28-24)17-31(26(23)33)21(16-19-8-4-3-5-9-19)25(32)30-14-6-7-15-30/h3-5,8-13,21,24H,6-7,14-17H2,1-2H3,(H,28,34)/t21-,24+/m0/s1. The topological polar surface area (TPSA) is 73.0 Å². The first-order valence-electron chi connectivity index (χ1n) is 11.9. The van der Waals surface area contributed by atoms with Gasteiger partial charge < -0.3 is 15.1 Å². The normalized spacial score (nSPS) is 21.1. The lowest BCUT2D eigenvalue weighted by Crippen LogP contribution is -2.50. The van der Waals surface area contributed by atoms with Gasteiger partial charge in [0.25, 0.3) is 5.91 Å². The van der Waals surface area contributed by atoms with Crippen LogP contribution in [-0.4, -0.2) is 65.3 Å². The summed E-state index contributed by atoms with van der Waals surface area (Å²) < 4.78 is 0. The van der Waals surface area contributed by atoms with Gasteiger partial charge in [-0.2, -0.15) is 0 Å². The smallest absolute Gasteiger partial charge is 0.322 e. The predicted molar refractivity (Wildman–Crippen MR) is 129 cm³/mol. The number of nitrogens with one attached hydrogen (secondary N) is 1. The van der Waals surface area contributed by atoms with Gasteiger partial charge in [0.15, 0.2) is 0 Å². The Morgan fingerprint density at radius 1 is 1.03 bits per heavy atom. The SMILES string of the molecule is Cc1ccc([C@H]2NC(=O)N(C)C3=C2C(=O)N([C@@H](Cc2ccccc2)C(=O)N2CCCC2)C3)cc1. The Bertz CT molecular complexity index is 1140. The molecule has 5 rings (SSSR count). The molecule has 1 fully saturated rings. The van der Waals surface area contributed by atoms with Crippen LogP contribution >= 0.6 is 0 Å². The summed E-state index contributed by atoms with van der Waals surface area (Å²) in [5.74, 6) is -0.190. The van der Waals surface area contributed by atoms with E-state index in [2.05, 4.69) is 5.32 Å². The van der Waals surface area contributed by atoms with Crippen LogP contribution in [0.5, 0.6) is 0 Å². The summed E-state index contributed by atoms with van der Waals surface area (Å²) in [4.78, 5) is 45.4. The van der Waals surface area contributed by atoms with E-state index in [0.29, 0.717) is 17.7 Å². The monoisotopic (exact) mass is 458 g/mol. The fourth-order valence-corrected chi connectivity index (χ4v) is 5.17. The van der Waals surface area contributed by atoms with Gasteiger partial charge in [0, 0.05) is 26.6 Å². The van der Waals surface area contributed by atoms with Crippen LogP contribution in [-0.2, 0) is 16.0 Å². The van der Waals surface area contributed by atoms with Gasteiger partial charge in [0.1, 0.15) is 6.04 Å². The van der Waals surface area contributed by atoms with Gasteiger partial charge in [-0.25, -0.2) is 4.79 Å². The molecule has 7 nitrogen and oxygen atoms in total. The summed E-state index contributed by atoms with van der Waals surface area (Å²) >= 11 is 0. The van der Waals surface area contributed by atoms with E-state index in [9.17, 15) is 14.4 Å². The van der Waals surface area contributed by atoms with E-state index in [0.717, 1.165) is 42.6 Å². The third-order valence-corrected chi connectivity index (χ3v) is 7.15. The summed E-state index contributed by atoms with van der Waals surface area (Å²) in [7, 11) is 1.68. The number of hydrogen-bond acceptors (Lipinski definition) is 3. The highest BCUT2D eigenvalue weighted by Crippen LogP contribution is 2.37. The molecule has 1 saturated heterocycles. The molecule has 1 N–H and O–H groups in total. The van der Waals surface area contributed by atoms with Crippen molar-refractivity contribution in [3.05, 3.63) is 82.6 Å². The summed E-state index contributed by atoms with van der Waals surface area (Å²) in [6, 6.07) is 16.3. The van der Waals surface area contributed by atoms with E-state index in [-0.39, 0.29) is 24.4 Å². The van der Waals surface area contributed by atoms with Crippen LogP contribution in [0, 0.1) is 6.92 Å². The number of hydrogen-bond donors (Lipinski definition) is 1. The third-order valence-electron chi connectivity index (χ3n) is 7.15. The minimum Gasteiger partial charge on any atom is -0.341 e. The second-order valence-corrected chi connectivity index (χ2v) is 9.38. The largest absolute Gasteiger partial charge is 0.341 e. The van der Waals surface area contributed by atoms with Gasteiger partial charge in [-0.1, -0.05) is 60.2 Å². The Hall–Kier alpha value is -3.61. The highest BCUT2D eigenvalue weighted by molar-refractivity contribution is 6.03. The molecule has 0 aliphatic carbocycles. The molecular formula is C27H30N4O3. The summed E-state index contributed by atoms with van der Waals surface area (Å²) in [5, 5.41) is 2.98. The lowest BCUT2D eigenvalue weighted by Gasteiger charge is -2.31. The van der Waals surface area contributed by atoms with Crippen molar-refractivity contribution in [3.63, 3.8) is 0 Å². The number of likely N-dealkylation sites (N-methyl/N-ethyl adjacent to an activating group) is 1. The average Bonchev–Trinajstić information content (AvgIpc) is 3.50. The highest BCUT2D eigenvalue weighted by Gasteiger charge is 2.47. The first-order chi connectivity index (χ1) is 16.4. The zero-order valence-corrected chi connectivity index (χ0v) is 19.7. The van der Waals surface area contributed by atoms with E-state index in [1.807, 2.05) is 66.4 Å². The van der Waals surface area contributed by atoms with Crippen molar-refractivity contribution in [2.45, 2.75) is 38.3 Å². The molecular weight excluding hydrogens is 428 g/mol. The van der Waals surface area contributed by atoms with Crippen molar-refractivity contribution in [1.82, 2.24) is 20.0 Å². The summed E-state index contributed by atoms with van der Waals surface area (Å²) in [5.41, 5.74) is 4.20. The molecule has 34 heavy (non-hydrogen) atoms. The lowest BCUT2D eigenvalue weighted by molar-refractivity contribution is -0.142. The molecule has 2 aromatic carbocycles. The predicted octanol–water partition coefficient (Wildman–Crippen LogP) is 3.02. The van der Waals surface area contributed by atoms with Crippen LogP contribution in [0.25, 0.3) is 0 Å². The number of benzene rings is 2. The molecule has 0 unspecified atom stereocenters. The number of likely N-dealkylation sites (tertiary alicyclic amines) is 1. The molecule has 0 aromatic heterocycles. The highest BCUT2D eigenvalue weighted by atomic mass is 16.2. The summed E-state index contributed by atoms with van der Waals surface area (Å²) in [6.45, 7) is 3.70. The third kappa shape index (κ3) is 3.95. The number of nitrogens with zero attached hydrogens (tertiary/aromatic N) is 3. The minimum atomic E-state index is -0.610. The Kier molecular flexibility index (Phi) is 5.86. The van der Waals surface area contributed by atoms with E-state index >= 15 is 0 Å². The molecule has 0 saturated carbocycles. The first-order valence-corrected chi connectivity index (χ1v) is 11.9. The quantitative estimate of drug-likeness (QED) is 0.749. The molecule has 3 heterocycles. The molecule has 0 radical (unpaired) electrons. The van der Waals surface area contributed by atoms with Crippen LogP contribution in [0.4, 0.5) is 4.79 Å². The van der Waals surface area contributed by atoms with Gasteiger partial charge in [0.05, 0.1) is 23.9 Å². The molecule has 3 aliphatic rings. The van der Waals surface area contributed by atoms with Crippen molar-refractivity contribution >= 4 is 17.8 Å². The number of aryl methyl sites for hydroxylation is 1. The van der Waals surface area contributed by atoms with E-state index in [1.54, 1.807) is 11.9 Å². The number of urea groups is 1. The second kappa shape index (κ2) is 8.97. The maximum atomic E-state index is 13.9. The molecule has 0 bridgehead atoms. The van der Waals surface area contributed by atoms with E-state index in [1.165, 1.54) is 4.90 Å². The number of rotatable bonds is 5. The fourth-order valence-electron chi connectivity index (χ4n) is 5.17. The number of carbonyl (C=O) groups excluding carboxylic acids is 3. The van der Waals surface area contributed by atoms with Crippen molar-refractivity contribution in [2.75, 3.05) is 26.7 Å². The van der Waals surface area contributed by atoms with E-state index in [4.69, 9.17) is 0 Å². The molecule has 7 heteroatoms.